The third-order valence-electron chi connectivity index (χ3n) is 3.87. The summed E-state index contributed by atoms with van der Waals surface area (Å²) in [5.74, 6) is -0.977. The Labute approximate surface area is 117 Å². The zero-order valence-electron chi connectivity index (χ0n) is 11.1. The molecule has 0 spiro atoms. The average Bonchev–Trinajstić information content (AvgIpc) is 2.93. The van der Waals surface area contributed by atoms with E-state index in [4.69, 9.17) is 9.52 Å². The summed E-state index contributed by atoms with van der Waals surface area (Å²) in [7, 11) is 0. The number of fused-ring (bicyclic) bond motifs is 1. The first-order chi connectivity index (χ1) is 9.74. The van der Waals surface area contributed by atoms with E-state index in [-0.39, 0.29) is 5.76 Å². The second kappa shape index (κ2) is 5.51. The van der Waals surface area contributed by atoms with Gasteiger partial charge in [0.25, 0.3) is 0 Å². The van der Waals surface area contributed by atoms with Crippen molar-refractivity contribution in [3.63, 3.8) is 0 Å². The van der Waals surface area contributed by atoms with Crippen LogP contribution in [0.15, 0.2) is 41.0 Å². The fourth-order valence-electron chi connectivity index (χ4n) is 2.79. The quantitative estimate of drug-likeness (QED) is 0.897. The Morgan fingerprint density at radius 3 is 2.90 bits per heavy atom. The van der Waals surface area contributed by atoms with Gasteiger partial charge in [0.05, 0.1) is 6.26 Å². The molecule has 3 rings (SSSR count). The third-order valence-corrected chi connectivity index (χ3v) is 3.87. The fourth-order valence-corrected chi connectivity index (χ4v) is 2.79. The summed E-state index contributed by atoms with van der Waals surface area (Å²) in [6, 6.07) is 10.6. The van der Waals surface area contributed by atoms with Gasteiger partial charge in [-0.1, -0.05) is 24.3 Å². The van der Waals surface area contributed by atoms with Crippen LogP contribution in [0.1, 0.15) is 33.7 Å². The normalized spacial score (nSPS) is 17.7. The Balaban J connectivity index is 1.63. The summed E-state index contributed by atoms with van der Waals surface area (Å²) >= 11 is 0. The number of aryl methyl sites for hydroxylation is 1. The maximum atomic E-state index is 11.0. The van der Waals surface area contributed by atoms with Crippen LogP contribution in [0.5, 0.6) is 0 Å². The zero-order valence-corrected chi connectivity index (χ0v) is 11.1. The molecule has 1 aliphatic rings. The van der Waals surface area contributed by atoms with Crippen molar-refractivity contribution in [3.8, 4) is 0 Å². The van der Waals surface area contributed by atoms with E-state index in [1.54, 1.807) is 6.07 Å². The molecule has 0 aliphatic heterocycles. The number of hydrogen-bond donors (Lipinski definition) is 2. The smallest absolute Gasteiger partial charge is 0.372 e. The lowest BCUT2D eigenvalue weighted by atomic mass is 9.88. The lowest BCUT2D eigenvalue weighted by Crippen LogP contribution is -2.34. The van der Waals surface area contributed by atoms with Crippen LogP contribution in [0.2, 0.25) is 0 Å². The van der Waals surface area contributed by atoms with Crippen molar-refractivity contribution in [2.75, 3.05) is 0 Å². The van der Waals surface area contributed by atoms with Crippen LogP contribution in [0.4, 0.5) is 0 Å². The van der Waals surface area contributed by atoms with Crippen LogP contribution in [0, 0.1) is 0 Å². The molecule has 1 aliphatic carbocycles. The molecule has 0 fully saturated rings. The van der Waals surface area contributed by atoms with Crippen molar-refractivity contribution in [3.05, 3.63) is 59.0 Å². The molecule has 0 saturated carbocycles. The molecule has 20 heavy (non-hydrogen) atoms. The van der Waals surface area contributed by atoms with Crippen molar-refractivity contribution in [1.29, 1.82) is 0 Å². The first-order valence-electron chi connectivity index (χ1n) is 6.84. The van der Waals surface area contributed by atoms with Gasteiger partial charge in [0.2, 0.25) is 5.76 Å². The van der Waals surface area contributed by atoms with E-state index in [0.29, 0.717) is 18.2 Å². The average molecular weight is 271 g/mol. The maximum absolute atomic E-state index is 11.0. The second-order valence-electron chi connectivity index (χ2n) is 5.17. The molecule has 0 amide bonds. The van der Waals surface area contributed by atoms with E-state index in [1.165, 1.54) is 17.4 Å². The van der Waals surface area contributed by atoms with Gasteiger partial charge in [0.15, 0.2) is 0 Å². The lowest BCUT2D eigenvalue weighted by molar-refractivity contribution is 0.0660. The van der Waals surface area contributed by atoms with Crippen molar-refractivity contribution >= 4 is 5.97 Å². The summed E-state index contributed by atoms with van der Waals surface area (Å²) < 4.78 is 4.98. The number of carboxylic acids is 1. The van der Waals surface area contributed by atoms with Crippen LogP contribution in [0.3, 0.4) is 0 Å². The number of rotatable bonds is 4. The first-order valence-corrected chi connectivity index (χ1v) is 6.84. The van der Waals surface area contributed by atoms with Crippen LogP contribution < -0.4 is 5.32 Å². The van der Waals surface area contributed by atoms with Crippen LogP contribution in [-0.2, 0) is 19.4 Å². The summed E-state index contributed by atoms with van der Waals surface area (Å²) in [6.07, 6.45) is 4.58. The number of aromatic carboxylic acids is 1. The highest BCUT2D eigenvalue weighted by Gasteiger charge is 2.19. The molecule has 1 aromatic heterocycles. The van der Waals surface area contributed by atoms with Crippen molar-refractivity contribution in [2.24, 2.45) is 0 Å². The number of carboxylic acid groups (broad SMARTS) is 1. The Hall–Kier alpha value is -2.07. The standard InChI is InChI=1S/C16H17NO3/c18-16(19)15-13(7-8-20-15)10-17-14-6-5-11-3-1-2-4-12(11)9-14/h1-4,7-8,14,17H,5-6,9-10H2,(H,18,19). The van der Waals surface area contributed by atoms with Gasteiger partial charge in [-0.05, 0) is 36.5 Å². The van der Waals surface area contributed by atoms with Gasteiger partial charge in [-0.25, -0.2) is 4.79 Å². The predicted molar refractivity (Wildman–Crippen MR) is 74.8 cm³/mol. The number of nitrogens with one attached hydrogen (secondary N) is 1. The number of hydrogen-bond acceptors (Lipinski definition) is 3. The Bertz CT molecular complexity index is 618. The van der Waals surface area contributed by atoms with Gasteiger partial charge in [0, 0.05) is 18.2 Å². The summed E-state index contributed by atoms with van der Waals surface area (Å²) in [5.41, 5.74) is 3.53. The molecule has 1 heterocycles. The number of carbonyl (C=O) groups is 1. The number of furan rings is 1. The first kappa shape index (κ1) is 12.9. The SMILES string of the molecule is O=C(O)c1occc1CNC1CCc2ccccc2C1. The summed E-state index contributed by atoms with van der Waals surface area (Å²) in [6.45, 7) is 0.533. The van der Waals surface area contributed by atoms with E-state index in [2.05, 4.69) is 29.6 Å². The highest BCUT2D eigenvalue weighted by molar-refractivity contribution is 5.86. The van der Waals surface area contributed by atoms with Crippen molar-refractivity contribution in [2.45, 2.75) is 31.8 Å². The van der Waals surface area contributed by atoms with Crippen LogP contribution >= 0.6 is 0 Å². The van der Waals surface area contributed by atoms with E-state index in [0.717, 1.165) is 19.3 Å². The van der Waals surface area contributed by atoms with E-state index < -0.39 is 5.97 Å². The molecule has 0 radical (unpaired) electrons. The van der Waals surface area contributed by atoms with Gasteiger partial charge in [-0.15, -0.1) is 0 Å². The molecule has 1 unspecified atom stereocenters. The largest absolute Gasteiger partial charge is 0.475 e. The molecule has 0 saturated heterocycles. The molecule has 4 nitrogen and oxygen atoms in total. The van der Waals surface area contributed by atoms with Crippen molar-refractivity contribution in [1.82, 2.24) is 5.32 Å². The summed E-state index contributed by atoms with van der Waals surface area (Å²) in [5, 5.41) is 12.4. The molecule has 1 atom stereocenters. The third kappa shape index (κ3) is 2.60. The fraction of sp³-hybridized carbons (Fsp3) is 0.312. The molecule has 2 aromatic rings. The van der Waals surface area contributed by atoms with Gasteiger partial charge in [-0.3, -0.25) is 0 Å². The maximum Gasteiger partial charge on any atom is 0.372 e. The molecule has 1 aromatic carbocycles. The summed E-state index contributed by atoms with van der Waals surface area (Å²) in [4.78, 5) is 11.0. The van der Waals surface area contributed by atoms with Gasteiger partial charge >= 0.3 is 5.97 Å². The van der Waals surface area contributed by atoms with Crippen LogP contribution in [0.25, 0.3) is 0 Å². The second-order valence-corrected chi connectivity index (χ2v) is 5.17. The molecule has 0 bridgehead atoms. The molecule has 4 heteroatoms. The zero-order chi connectivity index (χ0) is 13.9. The van der Waals surface area contributed by atoms with Gasteiger partial charge in [-0.2, -0.15) is 0 Å². The lowest BCUT2D eigenvalue weighted by Gasteiger charge is -2.25. The van der Waals surface area contributed by atoms with Crippen LogP contribution in [-0.4, -0.2) is 17.1 Å². The minimum absolute atomic E-state index is 0.0358. The van der Waals surface area contributed by atoms with E-state index in [9.17, 15) is 4.79 Å². The van der Waals surface area contributed by atoms with Gasteiger partial charge < -0.3 is 14.8 Å². The van der Waals surface area contributed by atoms with E-state index in [1.807, 2.05) is 0 Å². The Kier molecular flexibility index (Phi) is 3.56. The van der Waals surface area contributed by atoms with E-state index >= 15 is 0 Å². The molecule has 2 N–H and O–H groups in total. The topological polar surface area (TPSA) is 62.5 Å². The van der Waals surface area contributed by atoms with Crippen molar-refractivity contribution < 1.29 is 14.3 Å². The Morgan fingerprint density at radius 1 is 1.30 bits per heavy atom. The minimum atomic E-state index is -1.01. The molecular weight excluding hydrogens is 254 g/mol. The highest BCUT2D eigenvalue weighted by Crippen LogP contribution is 2.21. The monoisotopic (exact) mass is 271 g/mol. The number of benzene rings is 1. The minimum Gasteiger partial charge on any atom is -0.475 e. The highest BCUT2D eigenvalue weighted by atomic mass is 16.4. The van der Waals surface area contributed by atoms with Gasteiger partial charge in [0.1, 0.15) is 0 Å². The predicted octanol–water partition coefficient (Wildman–Crippen LogP) is 2.62. The molecular formula is C16H17NO3. The molecule has 104 valence electrons. The Morgan fingerprint density at radius 2 is 2.10 bits per heavy atom.